The van der Waals surface area contributed by atoms with Gasteiger partial charge in [0.1, 0.15) is 5.75 Å². The molecule has 0 aromatic heterocycles. The van der Waals surface area contributed by atoms with Gasteiger partial charge in [-0.15, -0.1) is 12.4 Å². The summed E-state index contributed by atoms with van der Waals surface area (Å²) in [7, 11) is 1.70. The van der Waals surface area contributed by atoms with Crippen LogP contribution in [0.25, 0.3) is 0 Å². The van der Waals surface area contributed by atoms with Crippen LogP contribution in [0.4, 0.5) is 0 Å². The lowest BCUT2D eigenvalue weighted by atomic mass is 9.89. The first kappa shape index (κ1) is 13.6. The molecule has 0 saturated carbocycles. The summed E-state index contributed by atoms with van der Waals surface area (Å²) in [6.07, 6.45) is 2.36. The van der Waals surface area contributed by atoms with Crippen LogP contribution >= 0.6 is 24.0 Å². The molecule has 0 aliphatic carbocycles. The number of piperidine rings is 1. The maximum atomic E-state index is 5.94. The Bertz CT molecular complexity index is 338. The van der Waals surface area contributed by atoms with E-state index in [1.807, 2.05) is 12.1 Å². The largest absolute Gasteiger partial charge is 0.496 e. The Kier molecular flexibility index (Phi) is 5.39. The van der Waals surface area contributed by atoms with Gasteiger partial charge >= 0.3 is 0 Å². The van der Waals surface area contributed by atoms with E-state index in [1.54, 1.807) is 7.11 Å². The summed E-state index contributed by atoms with van der Waals surface area (Å²) in [5.41, 5.74) is 1.29. The minimum absolute atomic E-state index is 0. The molecule has 1 aliphatic heterocycles. The summed E-state index contributed by atoms with van der Waals surface area (Å²) in [6, 6.07) is 5.94. The van der Waals surface area contributed by atoms with E-state index >= 15 is 0 Å². The first-order valence-electron chi connectivity index (χ1n) is 5.35. The van der Waals surface area contributed by atoms with Gasteiger partial charge in [-0.25, -0.2) is 0 Å². The summed E-state index contributed by atoms with van der Waals surface area (Å²) >= 11 is 5.94. The molecule has 1 aromatic carbocycles. The SMILES string of the molecule is COc1cc(Cl)ccc1C1CCNCC1.Cl. The van der Waals surface area contributed by atoms with E-state index in [9.17, 15) is 0 Å². The highest BCUT2D eigenvalue weighted by atomic mass is 35.5. The molecule has 1 aliphatic rings. The molecule has 0 spiro atoms. The van der Waals surface area contributed by atoms with Crippen molar-refractivity contribution in [2.24, 2.45) is 0 Å². The molecule has 1 N–H and O–H groups in total. The standard InChI is InChI=1S/C12H16ClNO.ClH/c1-15-12-8-10(13)2-3-11(12)9-4-6-14-7-5-9;/h2-3,8-9,14H,4-7H2,1H3;1H. The Hall–Kier alpha value is -0.440. The van der Waals surface area contributed by atoms with Crippen molar-refractivity contribution in [3.63, 3.8) is 0 Å². The van der Waals surface area contributed by atoms with E-state index in [4.69, 9.17) is 16.3 Å². The van der Waals surface area contributed by atoms with Crippen molar-refractivity contribution in [3.05, 3.63) is 28.8 Å². The quantitative estimate of drug-likeness (QED) is 0.883. The summed E-state index contributed by atoms with van der Waals surface area (Å²) in [4.78, 5) is 0. The van der Waals surface area contributed by atoms with Crippen molar-refractivity contribution >= 4 is 24.0 Å². The Morgan fingerprint density at radius 3 is 2.62 bits per heavy atom. The van der Waals surface area contributed by atoms with Gasteiger partial charge in [0, 0.05) is 5.02 Å². The Morgan fingerprint density at radius 1 is 1.31 bits per heavy atom. The van der Waals surface area contributed by atoms with E-state index in [2.05, 4.69) is 11.4 Å². The molecule has 16 heavy (non-hydrogen) atoms. The molecule has 2 nitrogen and oxygen atoms in total. The average molecular weight is 262 g/mol. The van der Waals surface area contributed by atoms with Crippen LogP contribution in [0.3, 0.4) is 0 Å². The average Bonchev–Trinajstić information content (AvgIpc) is 2.30. The zero-order valence-electron chi connectivity index (χ0n) is 9.33. The smallest absolute Gasteiger partial charge is 0.123 e. The van der Waals surface area contributed by atoms with Crippen LogP contribution in [0.1, 0.15) is 24.3 Å². The molecule has 0 bridgehead atoms. The highest BCUT2D eigenvalue weighted by Gasteiger charge is 2.18. The van der Waals surface area contributed by atoms with E-state index in [0.717, 1.165) is 23.9 Å². The first-order valence-corrected chi connectivity index (χ1v) is 5.73. The van der Waals surface area contributed by atoms with E-state index in [0.29, 0.717) is 5.92 Å². The number of benzene rings is 1. The number of rotatable bonds is 2. The second-order valence-electron chi connectivity index (χ2n) is 3.91. The third-order valence-electron chi connectivity index (χ3n) is 2.97. The molecule has 0 atom stereocenters. The molecule has 90 valence electrons. The minimum Gasteiger partial charge on any atom is -0.496 e. The third-order valence-corrected chi connectivity index (χ3v) is 3.21. The van der Waals surface area contributed by atoms with Gasteiger partial charge in [0.15, 0.2) is 0 Å². The molecule has 1 saturated heterocycles. The summed E-state index contributed by atoms with van der Waals surface area (Å²) < 4.78 is 5.37. The molecule has 0 radical (unpaired) electrons. The summed E-state index contributed by atoms with van der Waals surface area (Å²) in [5, 5.41) is 4.11. The van der Waals surface area contributed by atoms with Crippen LogP contribution < -0.4 is 10.1 Å². The van der Waals surface area contributed by atoms with E-state index < -0.39 is 0 Å². The number of halogens is 2. The predicted molar refractivity (Wildman–Crippen MR) is 70.1 cm³/mol. The normalized spacial score (nSPS) is 16.6. The van der Waals surface area contributed by atoms with Gasteiger partial charge in [0.2, 0.25) is 0 Å². The van der Waals surface area contributed by atoms with Crippen LogP contribution in [-0.4, -0.2) is 20.2 Å². The van der Waals surface area contributed by atoms with Gasteiger partial charge in [0.25, 0.3) is 0 Å². The fraction of sp³-hybridized carbons (Fsp3) is 0.500. The maximum Gasteiger partial charge on any atom is 0.123 e. The second kappa shape index (κ2) is 6.33. The van der Waals surface area contributed by atoms with E-state index in [1.165, 1.54) is 18.4 Å². The zero-order valence-corrected chi connectivity index (χ0v) is 10.9. The van der Waals surface area contributed by atoms with Crippen LogP contribution in [0.5, 0.6) is 5.75 Å². The number of hydrogen-bond acceptors (Lipinski definition) is 2. The molecular formula is C12H17Cl2NO. The number of ether oxygens (including phenoxy) is 1. The fourth-order valence-corrected chi connectivity index (χ4v) is 2.32. The Balaban J connectivity index is 0.00000128. The zero-order chi connectivity index (χ0) is 10.7. The van der Waals surface area contributed by atoms with Gasteiger partial charge in [-0.3, -0.25) is 0 Å². The number of methoxy groups -OCH3 is 1. The van der Waals surface area contributed by atoms with Gasteiger partial charge in [-0.1, -0.05) is 17.7 Å². The van der Waals surface area contributed by atoms with Crippen LogP contribution in [0, 0.1) is 0 Å². The lowest BCUT2D eigenvalue weighted by Gasteiger charge is -2.24. The second-order valence-corrected chi connectivity index (χ2v) is 4.35. The van der Waals surface area contributed by atoms with Crippen molar-refractivity contribution < 1.29 is 4.74 Å². The maximum absolute atomic E-state index is 5.94. The summed E-state index contributed by atoms with van der Waals surface area (Å²) in [6.45, 7) is 2.19. The molecular weight excluding hydrogens is 245 g/mol. The molecule has 0 amide bonds. The van der Waals surface area contributed by atoms with Gasteiger partial charge in [0.05, 0.1) is 7.11 Å². The van der Waals surface area contributed by atoms with Gasteiger partial charge in [-0.05, 0) is 49.5 Å². The number of nitrogens with one attached hydrogen (secondary N) is 1. The van der Waals surface area contributed by atoms with Crippen LogP contribution in [-0.2, 0) is 0 Å². The van der Waals surface area contributed by atoms with Crippen molar-refractivity contribution in [2.45, 2.75) is 18.8 Å². The van der Waals surface area contributed by atoms with Crippen molar-refractivity contribution in [3.8, 4) is 5.75 Å². The highest BCUT2D eigenvalue weighted by Crippen LogP contribution is 2.34. The third kappa shape index (κ3) is 3.03. The van der Waals surface area contributed by atoms with Gasteiger partial charge in [-0.2, -0.15) is 0 Å². The van der Waals surface area contributed by atoms with Crippen LogP contribution in [0.2, 0.25) is 5.02 Å². The van der Waals surface area contributed by atoms with Crippen molar-refractivity contribution in [1.29, 1.82) is 0 Å². The predicted octanol–water partition coefficient (Wildman–Crippen LogP) is 3.24. The van der Waals surface area contributed by atoms with E-state index in [-0.39, 0.29) is 12.4 Å². The molecule has 2 rings (SSSR count). The lowest BCUT2D eigenvalue weighted by molar-refractivity contribution is 0.391. The molecule has 4 heteroatoms. The molecule has 1 aromatic rings. The summed E-state index contributed by atoms with van der Waals surface area (Å²) in [5.74, 6) is 1.54. The van der Waals surface area contributed by atoms with Crippen molar-refractivity contribution in [2.75, 3.05) is 20.2 Å². The van der Waals surface area contributed by atoms with Gasteiger partial charge < -0.3 is 10.1 Å². The minimum atomic E-state index is 0. The first-order chi connectivity index (χ1) is 7.31. The van der Waals surface area contributed by atoms with Crippen molar-refractivity contribution in [1.82, 2.24) is 5.32 Å². The molecule has 1 fully saturated rings. The lowest BCUT2D eigenvalue weighted by Crippen LogP contribution is -2.26. The molecule has 0 unspecified atom stereocenters. The Morgan fingerprint density at radius 2 is 2.00 bits per heavy atom. The topological polar surface area (TPSA) is 21.3 Å². The molecule has 1 heterocycles. The highest BCUT2D eigenvalue weighted by molar-refractivity contribution is 6.30. The number of hydrogen-bond donors (Lipinski definition) is 1. The Labute approximate surface area is 108 Å². The monoisotopic (exact) mass is 261 g/mol. The van der Waals surface area contributed by atoms with Crippen LogP contribution in [0.15, 0.2) is 18.2 Å². The fourth-order valence-electron chi connectivity index (χ4n) is 2.16.